The summed E-state index contributed by atoms with van der Waals surface area (Å²) in [5.41, 5.74) is 3.55. The highest BCUT2D eigenvalue weighted by atomic mass is 32.1. The van der Waals surface area contributed by atoms with Crippen LogP contribution in [0, 0.1) is 12.8 Å². The van der Waals surface area contributed by atoms with Crippen LogP contribution in [0.2, 0.25) is 0 Å². The number of fused-ring (bicyclic) bond motifs is 1. The molecule has 2 aliphatic rings. The number of amides is 2. The first-order chi connectivity index (χ1) is 13.5. The van der Waals surface area contributed by atoms with Crippen molar-refractivity contribution in [1.82, 2.24) is 4.90 Å². The molecule has 0 unspecified atom stereocenters. The molecule has 28 heavy (non-hydrogen) atoms. The molecule has 0 saturated carbocycles. The van der Waals surface area contributed by atoms with Gasteiger partial charge >= 0.3 is 0 Å². The third-order valence-electron chi connectivity index (χ3n) is 5.99. The SMILES string of the molecule is Cc1ccccc1C(=O)Nc1sc2c(c1C(=O)N1CCCCC1)CC[C@@H](C)C2. The van der Waals surface area contributed by atoms with E-state index in [4.69, 9.17) is 0 Å². The molecule has 0 spiro atoms. The van der Waals surface area contributed by atoms with E-state index >= 15 is 0 Å². The molecule has 2 aromatic rings. The molecule has 1 aromatic heterocycles. The molecule has 0 bridgehead atoms. The fourth-order valence-corrected chi connectivity index (χ4v) is 5.72. The highest BCUT2D eigenvalue weighted by Crippen LogP contribution is 2.40. The monoisotopic (exact) mass is 396 g/mol. The van der Waals surface area contributed by atoms with Crippen LogP contribution in [0.3, 0.4) is 0 Å². The first kappa shape index (κ1) is 19.2. The van der Waals surface area contributed by atoms with Crippen molar-refractivity contribution >= 4 is 28.2 Å². The van der Waals surface area contributed by atoms with E-state index in [0.29, 0.717) is 11.5 Å². The predicted molar refractivity (Wildman–Crippen MR) is 114 cm³/mol. The third kappa shape index (κ3) is 3.72. The molecule has 5 heteroatoms. The standard InChI is InChI=1S/C23H28N2O2S/c1-15-10-11-18-19(14-15)28-22(20(18)23(27)25-12-6-3-7-13-25)24-21(26)17-9-5-4-8-16(17)2/h4-5,8-9,15H,3,6-7,10-14H2,1-2H3,(H,24,26)/t15-/m1/s1. The Morgan fingerprint density at radius 3 is 2.64 bits per heavy atom. The fourth-order valence-electron chi connectivity index (χ4n) is 4.32. The maximum atomic E-state index is 13.4. The molecule has 1 saturated heterocycles. The van der Waals surface area contributed by atoms with Crippen molar-refractivity contribution in [3.8, 4) is 0 Å². The van der Waals surface area contributed by atoms with Crippen LogP contribution in [-0.2, 0) is 12.8 Å². The van der Waals surface area contributed by atoms with Gasteiger partial charge in [-0.3, -0.25) is 9.59 Å². The van der Waals surface area contributed by atoms with Gasteiger partial charge in [0.05, 0.1) is 5.56 Å². The van der Waals surface area contributed by atoms with Gasteiger partial charge in [-0.1, -0.05) is 25.1 Å². The lowest BCUT2D eigenvalue weighted by atomic mass is 9.88. The van der Waals surface area contributed by atoms with Gasteiger partial charge in [0.1, 0.15) is 5.00 Å². The largest absolute Gasteiger partial charge is 0.339 e. The van der Waals surface area contributed by atoms with Crippen molar-refractivity contribution < 1.29 is 9.59 Å². The summed E-state index contributed by atoms with van der Waals surface area (Å²) in [6.45, 7) is 5.85. The normalized spacial score (nSPS) is 19.2. The Bertz CT molecular complexity index is 896. The second kappa shape index (κ2) is 8.08. The highest BCUT2D eigenvalue weighted by molar-refractivity contribution is 7.17. The Labute approximate surface area is 170 Å². The van der Waals surface area contributed by atoms with Crippen molar-refractivity contribution in [2.45, 2.75) is 52.4 Å². The van der Waals surface area contributed by atoms with Gasteiger partial charge in [0.15, 0.2) is 0 Å². The van der Waals surface area contributed by atoms with Crippen LogP contribution < -0.4 is 5.32 Å². The number of carbonyl (C=O) groups excluding carboxylic acids is 2. The molecule has 1 aliphatic carbocycles. The minimum absolute atomic E-state index is 0.104. The van der Waals surface area contributed by atoms with Crippen molar-refractivity contribution in [2.24, 2.45) is 5.92 Å². The lowest BCUT2D eigenvalue weighted by Gasteiger charge is -2.28. The predicted octanol–water partition coefficient (Wildman–Crippen LogP) is 5.06. The van der Waals surface area contributed by atoms with E-state index in [-0.39, 0.29) is 11.8 Å². The minimum atomic E-state index is -0.127. The van der Waals surface area contributed by atoms with Crippen molar-refractivity contribution in [3.63, 3.8) is 0 Å². The minimum Gasteiger partial charge on any atom is -0.339 e. The number of hydrogen-bond acceptors (Lipinski definition) is 3. The molecule has 1 atom stereocenters. The van der Waals surface area contributed by atoms with E-state index in [2.05, 4.69) is 12.2 Å². The summed E-state index contributed by atoms with van der Waals surface area (Å²) in [5, 5.41) is 3.83. The van der Waals surface area contributed by atoms with Crippen molar-refractivity contribution in [1.29, 1.82) is 0 Å². The summed E-state index contributed by atoms with van der Waals surface area (Å²) in [6.07, 6.45) is 6.37. The van der Waals surface area contributed by atoms with E-state index in [1.165, 1.54) is 16.9 Å². The van der Waals surface area contributed by atoms with Crippen LogP contribution in [0.1, 0.15) is 69.3 Å². The summed E-state index contributed by atoms with van der Waals surface area (Å²) in [4.78, 5) is 29.6. The Kier molecular flexibility index (Phi) is 5.54. The molecule has 1 fully saturated rings. The Morgan fingerprint density at radius 2 is 1.89 bits per heavy atom. The van der Waals surface area contributed by atoms with Crippen LogP contribution in [0.4, 0.5) is 5.00 Å². The number of aryl methyl sites for hydroxylation is 1. The molecule has 1 aromatic carbocycles. The van der Waals surface area contributed by atoms with Gasteiger partial charge in [-0.2, -0.15) is 0 Å². The molecular formula is C23H28N2O2S. The maximum absolute atomic E-state index is 13.4. The average molecular weight is 397 g/mol. The van der Waals surface area contributed by atoms with Gasteiger partial charge < -0.3 is 10.2 Å². The number of nitrogens with zero attached hydrogens (tertiary/aromatic N) is 1. The topological polar surface area (TPSA) is 49.4 Å². The molecule has 4 nitrogen and oxygen atoms in total. The second-order valence-corrected chi connectivity index (χ2v) is 9.28. The van der Waals surface area contributed by atoms with Gasteiger partial charge in [-0.05, 0) is 68.6 Å². The zero-order valence-electron chi connectivity index (χ0n) is 16.7. The van der Waals surface area contributed by atoms with Gasteiger partial charge in [-0.15, -0.1) is 11.3 Å². The van der Waals surface area contributed by atoms with E-state index < -0.39 is 0 Å². The number of benzene rings is 1. The summed E-state index contributed by atoms with van der Waals surface area (Å²) in [7, 11) is 0. The number of rotatable bonds is 3. The third-order valence-corrected chi connectivity index (χ3v) is 7.16. The van der Waals surface area contributed by atoms with Crippen LogP contribution in [-0.4, -0.2) is 29.8 Å². The molecule has 2 heterocycles. The van der Waals surface area contributed by atoms with E-state index in [9.17, 15) is 9.59 Å². The second-order valence-electron chi connectivity index (χ2n) is 8.18. The van der Waals surface area contributed by atoms with Crippen LogP contribution in [0.5, 0.6) is 0 Å². The van der Waals surface area contributed by atoms with Gasteiger partial charge in [0.25, 0.3) is 11.8 Å². The highest BCUT2D eigenvalue weighted by Gasteiger charge is 2.31. The maximum Gasteiger partial charge on any atom is 0.257 e. The number of anilines is 1. The molecule has 4 rings (SSSR count). The molecule has 2 amide bonds. The number of likely N-dealkylation sites (tertiary alicyclic amines) is 1. The van der Waals surface area contributed by atoms with Gasteiger partial charge in [-0.25, -0.2) is 0 Å². The van der Waals surface area contributed by atoms with Gasteiger partial charge in [0, 0.05) is 23.5 Å². The van der Waals surface area contributed by atoms with Crippen LogP contribution in [0.25, 0.3) is 0 Å². The quantitative estimate of drug-likeness (QED) is 0.788. The lowest BCUT2D eigenvalue weighted by Crippen LogP contribution is -2.36. The van der Waals surface area contributed by atoms with E-state index in [1.807, 2.05) is 36.1 Å². The fraction of sp³-hybridized carbons (Fsp3) is 0.478. The first-order valence-corrected chi connectivity index (χ1v) is 11.2. The number of piperidine rings is 1. The summed E-state index contributed by atoms with van der Waals surface area (Å²) in [5.74, 6) is 0.605. The number of hydrogen-bond donors (Lipinski definition) is 1. The van der Waals surface area contributed by atoms with E-state index in [0.717, 1.165) is 61.3 Å². The summed E-state index contributed by atoms with van der Waals surface area (Å²) in [6, 6.07) is 7.59. The summed E-state index contributed by atoms with van der Waals surface area (Å²) < 4.78 is 0. The smallest absolute Gasteiger partial charge is 0.257 e. The van der Waals surface area contributed by atoms with Crippen LogP contribution in [0.15, 0.2) is 24.3 Å². The Balaban J connectivity index is 1.69. The summed E-state index contributed by atoms with van der Waals surface area (Å²) >= 11 is 1.61. The molecule has 1 N–H and O–H groups in total. The zero-order valence-corrected chi connectivity index (χ0v) is 17.5. The van der Waals surface area contributed by atoms with Crippen molar-refractivity contribution in [2.75, 3.05) is 18.4 Å². The molecule has 1 aliphatic heterocycles. The molecule has 0 radical (unpaired) electrons. The van der Waals surface area contributed by atoms with Crippen molar-refractivity contribution in [3.05, 3.63) is 51.4 Å². The Morgan fingerprint density at radius 1 is 1.14 bits per heavy atom. The van der Waals surface area contributed by atoms with E-state index in [1.54, 1.807) is 11.3 Å². The average Bonchev–Trinajstić information content (AvgIpc) is 3.05. The number of nitrogens with one attached hydrogen (secondary N) is 1. The Hall–Kier alpha value is -2.14. The zero-order chi connectivity index (χ0) is 19.7. The van der Waals surface area contributed by atoms with Gasteiger partial charge in [0.2, 0.25) is 0 Å². The molecular weight excluding hydrogens is 368 g/mol. The number of carbonyl (C=O) groups is 2. The number of thiophene rings is 1. The molecule has 148 valence electrons. The lowest BCUT2D eigenvalue weighted by molar-refractivity contribution is 0.0724. The van der Waals surface area contributed by atoms with Crippen LogP contribution >= 0.6 is 11.3 Å². The first-order valence-electron chi connectivity index (χ1n) is 10.4.